The number of carbonyl (C=O) groups excluding carboxylic acids is 12. The molecule has 1 saturated heterocycles. The van der Waals surface area contributed by atoms with E-state index in [1.807, 2.05) is 43.5 Å². The number of halogens is 3. The summed E-state index contributed by atoms with van der Waals surface area (Å²) in [6.45, 7) is 20.9. The number of amides is 7. The maximum atomic E-state index is 14.5. The first-order chi connectivity index (χ1) is 44.5. The predicted octanol–water partition coefficient (Wildman–Crippen LogP) is 5.29. The number of aliphatic hydroxyl groups is 2. The number of ketones is 4. The fourth-order valence-corrected chi connectivity index (χ4v) is 12.1. The number of fused-ring (bicyclic) bond motifs is 1. The van der Waals surface area contributed by atoms with Gasteiger partial charge in [-0.15, -0.1) is 17.9 Å². The number of nitrogens with two attached hydrogens (primary N) is 1. The molecule has 24 nitrogen and oxygen atoms in total. The molecule has 530 valence electrons. The Labute approximate surface area is 556 Å². The number of primary amides is 1. The molecule has 0 radical (unpaired) electrons. The topological polar surface area (TPSA) is 390 Å². The number of Topliss-reactive ketones (excluding diaryl/α,β-unsaturated/α-hetero) is 4. The van der Waals surface area contributed by atoms with Crippen molar-refractivity contribution in [3.05, 3.63) is 47.9 Å². The van der Waals surface area contributed by atoms with Gasteiger partial charge in [-0.1, -0.05) is 119 Å². The van der Waals surface area contributed by atoms with E-state index in [9.17, 15) is 80.9 Å². The number of aliphatic hydroxyl groups excluding tert-OH is 2. The highest BCUT2D eigenvalue weighted by Gasteiger charge is 2.61. The number of carboxylic acid groups (broad SMARTS) is 1. The van der Waals surface area contributed by atoms with Crippen molar-refractivity contribution in [3.63, 3.8) is 0 Å². The van der Waals surface area contributed by atoms with Crippen LogP contribution >= 0.6 is 11.3 Å². The number of nitrogens with one attached hydrogen (secondary N) is 6. The van der Waals surface area contributed by atoms with Crippen LogP contribution in [0.5, 0.6) is 0 Å². The molecule has 1 aromatic carbocycles. The van der Waals surface area contributed by atoms with E-state index in [2.05, 4.69) is 38.5 Å². The molecular weight excluding hydrogens is 1260 g/mol. The van der Waals surface area contributed by atoms with Crippen molar-refractivity contribution in [3.8, 4) is 0 Å². The second-order valence-corrected chi connectivity index (χ2v) is 26.4. The molecule has 2 fully saturated rings. The minimum Gasteiger partial charge on any atom is -0.475 e. The Hall–Kier alpha value is -7.46. The van der Waals surface area contributed by atoms with E-state index in [4.69, 9.17) is 20.4 Å². The number of esters is 1. The van der Waals surface area contributed by atoms with Crippen molar-refractivity contribution in [2.45, 2.75) is 208 Å². The SMILES string of the molecule is C=C[C@H]1C[C@]12NC(=O)[C@H](C)CC(=O)[C@H](NC(=O)[C@H](CO)CC(=O)[C@@H](NC(=O)[C@H](CC(=O)[C@@H](CCC(N)=O)NC(=O)[C@H](CO)CC(=O)[C@@H](NC(=O)[C@H](CC)Cc1csc3ccccc13)[C@@H](C)CC)[C@@H](C)CC)[C@@H](C)CC)[C@H](C)OC(=O)[C@H]([C@@H](C)CC)NC2=O.O=C(O)C(F)(F)F. The molecule has 2 aromatic rings. The first-order valence-corrected chi connectivity index (χ1v) is 33.5. The van der Waals surface area contributed by atoms with Gasteiger partial charge in [0.1, 0.15) is 23.7 Å². The van der Waals surface area contributed by atoms with Crippen molar-refractivity contribution in [2.24, 2.45) is 64.9 Å². The molecule has 1 saturated carbocycles. The van der Waals surface area contributed by atoms with Gasteiger partial charge in [-0.05, 0) is 78.7 Å². The Morgan fingerprint density at radius 3 is 1.79 bits per heavy atom. The van der Waals surface area contributed by atoms with Crippen LogP contribution < -0.4 is 37.6 Å². The number of alkyl halides is 3. The molecule has 0 bridgehead atoms. The summed E-state index contributed by atoms with van der Waals surface area (Å²) in [6, 6.07) is 1.39. The fourth-order valence-electron chi connectivity index (χ4n) is 11.2. The fraction of sp³-hybridized carbons (Fsp3) is 0.657. The Kier molecular flexibility index (Phi) is 32.5. The van der Waals surface area contributed by atoms with Crippen molar-refractivity contribution in [1.82, 2.24) is 31.9 Å². The molecule has 1 aliphatic carbocycles. The lowest BCUT2D eigenvalue weighted by molar-refractivity contribution is -0.192. The number of ether oxygens (including phenoxy) is 1. The molecule has 2 heterocycles. The van der Waals surface area contributed by atoms with Crippen molar-refractivity contribution in [1.29, 1.82) is 0 Å². The number of carbonyl (C=O) groups is 13. The number of hydrogen-bond acceptors (Lipinski definition) is 17. The Balaban J connectivity index is 0.00000317. The van der Waals surface area contributed by atoms with Crippen LogP contribution in [0.4, 0.5) is 13.2 Å². The van der Waals surface area contributed by atoms with Crippen molar-refractivity contribution in [2.75, 3.05) is 13.2 Å². The van der Waals surface area contributed by atoms with E-state index in [-0.39, 0.29) is 31.1 Å². The first kappa shape index (κ1) is 81.8. The molecule has 4 rings (SSSR count). The van der Waals surface area contributed by atoms with Crippen LogP contribution in [0.3, 0.4) is 0 Å². The van der Waals surface area contributed by atoms with Crippen LogP contribution in [-0.2, 0) is 73.5 Å². The molecule has 28 heteroatoms. The van der Waals surface area contributed by atoms with E-state index in [1.54, 1.807) is 59.8 Å². The largest absolute Gasteiger partial charge is 0.490 e. The van der Waals surface area contributed by atoms with Gasteiger partial charge in [-0.3, -0.25) is 52.7 Å². The summed E-state index contributed by atoms with van der Waals surface area (Å²) in [7, 11) is 0. The van der Waals surface area contributed by atoms with E-state index < -0.39 is 211 Å². The van der Waals surface area contributed by atoms with E-state index in [0.717, 1.165) is 15.6 Å². The van der Waals surface area contributed by atoms with Gasteiger partial charge in [-0.25, -0.2) is 9.59 Å². The maximum Gasteiger partial charge on any atom is 0.490 e. The molecule has 7 amide bonds. The van der Waals surface area contributed by atoms with Gasteiger partial charge in [-0.2, -0.15) is 13.2 Å². The number of hydrogen-bond donors (Lipinski definition) is 10. The minimum atomic E-state index is -5.08. The zero-order chi connectivity index (χ0) is 72.0. The van der Waals surface area contributed by atoms with E-state index >= 15 is 0 Å². The molecule has 1 spiro atoms. The summed E-state index contributed by atoms with van der Waals surface area (Å²) in [5, 5.41) is 47.8. The number of aliphatic carboxylic acids is 1. The second-order valence-electron chi connectivity index (χ2n) is 25.5. The third-order valence-corrected chi connectivity index (χ3v) is 19.6. The summed E-state index contributed by atoms with van der Waals surface area (Å²) in [4.78, 5) is 176. The zero-order valence-corrected chi connectivity index (χ0v) is 57.0. The normalized spacial score (nSPS) is 22.7. The highest BCUT2D eigenvalue weighted by molar-refractivity contribution is 7.17. The second kappa shape index (κ2) is 37.7. The number of rotatable bonds is 34. The van der Waals surface area contributed by atoms with Gasteiger partial charge in [0.05, 0.1) is 43.2 Å². The lowest BCUT2D eigenvalue weighted by Gasteiger charge is -2.30. The monoisotopic (exact) mass is 1360 g/mol. The minimum absolute atomic E-state index is 0.217. The average Bonchev–Trinajstić information content (AvgIpc) is 1.58. The molecule has 0 unspecified atom stereocenters. The lowest BCUT2D eigenvalue weighted by Crippen LogP contribution is -2.57. The quantitative estimate of drug-likeness (QED) is 0.0314. The molecule has 2 aliphatic rings. The van der Waals surface area contributed by atoms with Crippen LogP contribution in [-0.4, -0.2) is 153 Å². The van der Waals surface area contributed by atoms with Crippen molar-refractivity contribution >= 4 is 97.8 Å². The molecular formula is C67H98F3N7O17S. The molecule has 95 heavy (non-hydrogen) atoms. The van der Waals surface area contributed by atoms with Gasteiger partial charge >= 0.3 is 18.1 Å². The lowest BCUT2D eigenvalue weighted by atomic mass is 9.83. The third-order valence-electron chi connectivity index (χ3n) is 18.6. The summed E-state index contributed by atoms with van der Waals surface area (Å²) in [5.41, 5.74) is 5.13. The van der Waals surface area contributed by atoms with Crippen LogP contribution in [0.2, 0.25) is 0 Å². The number of carboxylic acids is 1. The number of cyclic esters (lactones) is 1. The van der Waals surface area contributed by atoms with Crippen LogP contribution in [0.15, 0.2) is 42.3 Å². The highest BCUT2D eigenvalue weighted by atomic mass is 32.1. The standard InChI is InChI=1S/C65H97N7O15S.C2HF3O2/c1-13-34(7)46(29-48(75)47(23-24-53(66)79)67-60(82)41(31-73)27-50(77)54(35(8)14-2)68-59(81)40(17-5)26-43-33-88-52-22-20-19-21-45(43)52)62(84)69-55(36(9)15-3)51(78)28-42(32-74)61(83)70-57-39(12)87-63(85)56(37(10)16-4)71-64(86)65(30-44(65)18-6)72-58(80)38(11)25-49(57)76;3-2(4,5)1(6)7/h18-22,33-42,44,46-47,54-57,73-74H,6,13-17,23-32H2,1-5,7-12H3,(H2,66,79)(H,67,82)(H,68,81)(H,69,84)(H,70,83)(H,71,86)(H,72,80);(H,6,7)/t34-,35-,36-,37-,38+,39-,40+,41-,42-,44-,46+,47+,54-,55-,56-,57+,65-;/m0./s1. The Morgan fingerprint density at radius 2 is 1.29 bits per heavy atom. The molecule has 11 N–H and O–H groups in total. The van der Waals surface area contributed by atoms with Crippen molar-refractivity contribution < 1.29 is 95.6 Å². The summed E-state index contributed by atoms with van der Waals surface area (Å²) in [5.74, 6) is -19.1. The molecule has 17 atom stereocenters. The summed E-state index contributed by atoms with van der Waals surface area (Å²) >= 11 is 1.58. The van der Waals surface area contributed by atoms with Gasteiger partial charge in [0, 0.05) is 60.5 Å². The summed E-state index contributed by atoms with van der Waals surface area (Å²) in [6.07, 6.45) is -4.94. The Morgan fingerprint density at radius 1 is 0.758 bits per heavy atom. The van der Waals surface area contributed by atoms with Gasteiger partial charge in [0.15, 0.2) is 23.1 Å². The van der Waals surface area contributed by atoms with Gasteiger partial charge in [0.25, 0.3) is 0 Å². The van der Waals surface area contributed by atoms with E-state index in [0.29, 0.717) is 38.5 Å². The van der Waals surface area contributed by atoms with Gasteiger partial charge in [0.2, 0.25) is 41.4 Å². The molecule has 1 aliphatic heterocycles. The van der Waals surface area contributed by atoms with Crippen LogP contribution in [0, 0.1) is 59.2 Å². The molecule has 1 aromatic heterocycles. The van der Waals surface area contributed by atoms with E-state index in [1.165, 1.54) is 19.9 Å². The predicted molar refractivity (Wildman–Crippen MR) is 346 cm³/mol. The first-order valence-electron chi connectivity index (χ1n) is 32.6. The Bertz CT molecular complexity index is 3070. The highest BCUT2D eigenvalue weighted by Crippen LogP contribution is 2.45. The number of thiophene rings is 1. The van der Waals surface area contributed by atoms with Crippen LogP contribution in [0.1, 0.15) is 159 Å². The zero-order valence-electron chi connectivity index (χ0n) is 56.2. The third kappa shape index (κ3) is 23.1. The smallest absolute Gasteiger partial charge is 0.475 e. The van der Waals surface area contributed by atoms with Gasteiger partial charge < -0.3 is 57.7 Å². The summed E-state index contributed by atoms with van der Waals surface area (Å²) < 4.78 is 38.6. The van der Waals surface area contributed by atoms with Crippen LogP contribution in [0.25, 0.3) is 10.1 Å². The average molecular weight is 1360 g/mol. The number of benzene rings is 1. The maximum absolute atomic E-state index is 14.5.